The molecule has 0 aliphatic carbocycles. The monoisotopic (exact) mass is 348 g/mol. The van der Waals surface area contributed by atoms with Gasteiger partial charge in [-0.2, -0.15) is 0 Å². The van der Waals surface area contributed by atoms with Crippen LogP contribution in [0.5, 0.6) is 0 Å². The van der Waals surface area contributed by atoms with E-state index in [1.807, 2.05) is 22.6 Å². The summed E-state index contributed by atoms with van der Waals surface area (Å²) in [6.07, 6.45) is 3.75. The summed E-state index contributed by atoms with van der Waals surface area (Å²) >= 11 is 2.02. The van der Waals surface area contributed by atoms with E-state index in [1.54, 1.807) is 0 Å². The van der Waals surface area contributed by atoms with Crippen LogP contribution in [-0.4, -0.2) is 29.6 Å². The zero-order valence-corrected chi connectivity index (χ0v) is 12.0. The lowest BCUT2D eigenvalue weighted by Crippen LogP contribution is -2.39. The van der Waals surface area contributed by atoms with E-state index in [1.165, 1.54) is 6.33 Å². The van der Waals surface area contributed by atoms with Crippen molar-refractivity contribution in [1.29, 1.82) is 0 Å². The fraction of sp³-hybridized carbons (Fsp3) is 0.636. The highest BCUT2D eigenvalue weighted by Gasteiger charge is 2.26. The molecule has 1 aromatic rings. The summed E-state index contributed by atoms with van der Waals surface area (Å²) in [6, 6.07) is 0. The lowest BCUT2D eigenvalue weighted by atomic mass is 9.81. The first-order chi connectivity index (χ1) is 8.11. The molecule has 1 aliphatic heterocycles. The largest absolute Gasteiger partial charge is 0.368 e. The summed E-state index contributed by atoms with van der Waals surface area (Å²) in [7, 11) is 0. The average Bonchev–Trinajstić information content (AvgIpc) is 2.32. The Morgan fingerprint density at radius 3 is 2.94 bits per heavy atom. The van der Waals surface area contributed by atoms with Crippen molar-refractivity contribution in [2.75, 3.05) is 25.0 Å². The van der Waals surface area contributed by atoms with Gasteiger partial charge in [0.15, 0.2) is 0 Å². The Hall–Kier alpha value is -0.630. The Bertz CT molecular complexity index is 439. The average molecular weight is 348 g/mol. The van der Waals surface area contributed by atoms with E-state index in [2.05, 4.69) is 27.5 Å². The number of hydrogen-bond acceptors (Lipinski definition) is 4. The van der Waals surface area contributed by atoms with Crippen LogP contribution in [0.15, 0.2) is 11.1 Å². The minimum atomic E-state index is -0.0847. The maximum Gasteiger partial charge on any atom is 0.266 e. The summed E-state index contributed by atoms with van der Waals surface area (Å²) in [5.41, 5.74) is 0.206. The van der Waals surface area contributed by atoms with Gasteiger partial charge in [-0.25, -0.2) is 4.98 Å². The SMILES string of the molecule is CC1(CNc2nc[nH]c(=O)c2I)CCNCC1. The normalized spacial score (nSPS) is 18.9. The Labute approximate surface area is 114 Å². The van der Waals surface area contributed by atoms with Crippen LogP contribution < -0.4 is 16.2 Å². The van der Waals surface area contributed by atoms with Crippen LogP contribution in [0, 0.1) is 8.99 Å². The summed E-state index contributed by atoms with van der Waals surface area (Å²) in [4.78, 5) is 18.1. The van der Waals surface area contributed by atoms with Crippen LogP contribution in [0.25, 0.3) is 0 Å². The Morgan fingerprint density at radius 2 is 2.24 bits per heavy atom. The lowest BCUT2D eigenvalue weighted by molar-refractivity contribution is 0.247. The molecule has 0 saturated carbocycles. The first-order valence-electron chi connectivity index (χ1n) is 5.78. The molecular formula is C11H17IN4O. The first kappa shape index (κ1) is 12.8. The second-order valence-electron chi connectivity index (χ2n) is 4.81. The standard InChI is InChI=1S/C11H17IN4O/c1-11(2-4-13-5-3-11)6-14-9-8(12)10(17)16-7-15-9/h7,13H,2-6H2,1H3,(H2,14,15,16,17). The molecule has 0 atom stereocenters. The Kier molecular flexibility index (Phi) is 4.03. The smallest absolute Gasteiger partial charge is 0.266 e. The summed E-state index contributed by atoms with van der Waals surface area (Å²) in [6.45, 7) is 5.28. The third-order valence-corrected chi connectivity index (χ3v) is 4.29. The number of aromatic amines is 1. The molecule has 0 amide bonds. The number of nitrogens with one attached hydrogen (secondary N) is 3. The van der Waals surface area contributed by atoms with Gasteiger partial charge in [0.1, 0.15) is 9.39 Å². The van der Waals surface area contributed by atoms with Crippen molar-refractivity contribution >= 4 is 28.4 Å². The van der Waals surface area contributed by atoms with Crippen molar-refractivity contribution in [1.82, 2.24) is 15.3 Å². The maximum absolute atomic E-state index is 11.4. The van der Waals surface area contributed by atoms with Crippen molar-refractivity contribution in [3.05, 3.63) is 20.3 Å². The maximum atomic E-state index is 11.4. The molecule has 0 spiro atoms. The molecule has 2 heterocycles. The second kappa shape index (κ2) is 5.34. The predicted octanol–water partition coefficient (Wildman–Crippen LogP) is 1.18. The highest BCUT2D eigenvalue weighted by atomic mass is 127. The van der Waals surface area contributed by atoms with Gasteiger partial charge >= 0.3 is 0 Å². The van der Waals surface area contributed by atoms with Crippen molar-refractivity contribution in [3.63, 3.8) is 0 Å². The van der Waals surface area contributed by atoms with E-state index in [0.29, 0.717) is 14.8 Å². The molecular weight excluding hydrogens is 331 g/mol. The van der Waals surface area contributed by atoms with Gasteiger partial charge in [0, 0.05) is 6.54 Å². The number of H-pyrrole nitrogens is 1. The first-order valence-corrected chi connectivity index (χ1v) is 6.86. The zero-order chi connectivity index (χ0) is 12.3. The van der Waals surface area contributed by atoms with Crippen molar-refractivity contribution in [2.45, 2.75) is 19.8 Å². The molecule has 0 unspecified atom stereocenters. The number of halogens is 1. The molecule has 3 N–H and O–H groups in total. The fourth-order valence-corrected chi connectivity index (χ4v) is 2.50. The predicted molar refractivity (Wildman–Crippen MR) is 76.3 cm³/mol. The quantitative estimate of drug-likeness (QED) is 0.718. The van der Waals surface area contributed by atoms with Crippen molar-refractivity contribution in [2.24, 2.45) is 5.41 Å². The molecule has 1 saturated heterocycles. The van der Waals surface area contributed by atoms with Crippen LogP contribution >= 0.6 is 22.6 Å². The molecule has 94 valence electrons. The van der Waals surface area contributed by atoms with E-state index in [0.717, 1.165) is 32.5 Å². The summed E-state index contributed by atoms with van der Waals surface area (Å²) < 4.78 is 0.627. The minimum absolute atomic E-state index is 0.0847. The third kappa shape index (κ3) is 3.19. The summed E-state index contributed by atoms with van der Waals surface area (Å²) in [5.74, 6) is 0.689. The minimum Gasteiger partial charge on any atom is -0.368 e. The molecule has 0 aromatic carbocycles. The van der Waals surface area contributed by atoms with Gasteiger partial charge in [0.25, 0.3) is 5.56 Å². The van der Waals surface area contributed by atoms with E-state index in [4.69, 9.17) is 0 Å². The second-order valence-corrected chi connectivity index (χ2v) is 5.89. The molecule has 2 rings (SSSR count). The Balaban J connectivity index is 2.02. The number of anilines is 1. The number of piperidine rings is 1. The molecule has 0 radical (unpaired) electrons. The van der Waals surface area contributed by atoms with Crippen LogP contribution in [0.2, 0.25) is 0 Å². The topological polar surface area (TPSA) is 69.8 Å². The lowest BCUT2D eigenvalue weighted by Gasteiger charge is -2.34. The van der Waals surface area contributed by atoms with E-state index in [9.17, 15) is 4.79 Å². The number of nitrogens with zero attached hydrogens (tertiary/aromatic N) is 1. The number of hydrogen-bond donors (Lipinski definition) is 3. The highest BCUT2D eigenvalue weighted by Crippen LogP contribution is 2.28. The fourth-order valence-electron chi connectivity index (χ4n) is 2.01. The van der Waals surface area contributed by atoms with Gasteiger partial charge in [-0.15, -0.1) is 0 Å². The molecule has 1 aromatic heterocycles. The molecule has 1 fully saturated rings. The van der Waals surface area contributed by atoms with E-state index < -0.39 is 0 Å². The third-order valence-electron chi connectivity index (χ3n) is 3.29. The van der Waals surface area contributed by atoms with Gasteiger partial charge in [-0.1, -0.05) is 6.92 Å². The van der Waals surface area contributed by atoms with Crippen molar-refractivity contribution < 1.29 is 0 Å². The number of rotatable bonds is 3. The van der Waals surface area contributed by atoms with Gasteiger partial charge in [-0.05, 0) is 53.9 Å². The van der Waals surface area contributed by atoms with E-state index in [-0.39, 0.29) is 5.56 Å². The highest BCUT2D eigenvalue weighted by molar-refractivity contribution is 14.1. The van der Waals surface area contributed by atoms with Crippen LogP contribution in [0.1, 0.15) is 19.8 Å². The van der Waals surface area contributed by atoms with Crippen LogP contribution in [0.4, 0.5) is 5.82 Å². The van der Waals surface area contributed by atoms with E-state index >= 15 is 0 Å². The molecule has 5 nitrogen and oxygen atoms in total. The number of aromatic nitrogens is 2. The summed E-state index contributed by atoms with van der Waals surface area (Å²) in [5, 5.41) is 6.66. The van der Waals surface area contributed by atoms with Crippen LogP contribution in [-0.2, 0) is 0 Å². The van der Waals surface area contributed by atoms with Crippen LogP contribution in [0.3, 0.4) is 0 Å². The van der Waals surface area contributed by atoms with Gasteiger partial charge in [-0.3, -0.25) is 4.79 Å². The zero-order valence-electron chi connectivity index (χ0n) is 9.85. The van der Waals surface area contributed by atoms with Gasteiger partial charge in [0.2, 0.25) is 0 Å². The Morgan fingerprint density at radius 1 is 1.53 bits per heavy atom. The van der Waals surface area contributed by atoms with Gasteiger partial charge in [0.05, 0.1) is 6.33 Å². The molecule has 6 heteroatoms. The molecule has 0 bridgehead atoms. The van der Waals surface area contributed by atoms with Gasteiger partial charge < -0.3 is 15.6 Å². The van der Waals surface area contributed by atoms with Crippen molar-refractivity contribution in [3.8, 4) is 0 Å². The molecule has 1 aliphatic rings. The molecule has 17 heavy (non-hydrogen) atoms.